The average Bonchev–Trinajstić information content (AvgIpc) is 3.64. The van der Waals surface area contributed by atoms with E-state index >= 15 is 0 Å². The van der Waals surface area contributed by atoms with Crippen LogP contribution in [0.1, 0.15) is 28.9 Å². The Bertz CT molecular complexity index is 2970. The molecule has 270 valence electrons. The van der Waals surface area contributed by atoms with Crippen molar-refractivity contribution in [1.82, 2.24) is 15.2 Å². The molecule has 10 aromatic rings. The van der Waals surface area contributed by atoms with Crippen LogP contribution in [0.3, 0.4) is 0 Å². The lowest BCUT2D eigenvalue weighted by Gasteiger charge is -2.33. The molecule has 0 aliphatic carbocycles. The second kappa shape index (κ2) is 13.8. The van der Waals surface area contributed by atoms with Crippen LogP contribution in [0.15, 0.2) is 212 Å². The zero-order chi connectivity index (χ0) is 37.7. The molecule has 1 aliphatic heterocycles. The molecule has 2 N–H and O–H groups in total. The van der Waals surface area contributed by atoms with Crippen molar-refractivity contribution in [2.45, 2.75) is 12.2 Å². The highest BCUT2D eigenvalue weighted by Crippen LogP contribution is 2.46. The average molecular weight is 730 g/mol. The summed E-state index contributed by atoms with van der Waals surface area (Å²) in [6, 6.07) is 74.9. The van der Waals surface area contributed by atoms with Gasteiger partial charge < -0.3 is 9.88 Å². The smallest absolute Gasteiger partial charge is 0.104 e. The van der Waals surface area contributed by atoms with Crippen LogP contribution in [-0.4, -0.2) is 4.57 Å². The van der Waals surface area contributed by atoms with Gasteiger partial charge in [-0.1, -0.05) is 182 Å². The summed E-state index contributed by atoms with van der Waals surface area (Å²) < 4.78 is 2.51. The van der Waals surface area contributed by atoms with Gasteiger partial charge in [0, 0.05) is 22.2 Å². The molecule has 2 unspecified atom stereocenters. The zero-order valence-corrected chi connectivity index (χ0v) is 31.3. The quantitative estimate of drug-likeness (QED) is 0.178. The second-order valence-corrected chi connectivity index (χ2v) is 15.0. The highest BCUT2D eigenvalue weighted by molar-refractivity contribution is 6.31. The molecule has 2 atom stereocenters. The molecular weight excluding hydrogens is 691 g/mol. The maximum Gasteiger partial charge on any atom is 0.104 e. The summed E-state index contributed by atoms with van der Waals surface area (Å²) in [5.41, 5.74) is 13.0. The van der Waals surface area contributed by atoms with E-state index in [0.717, 1.165) is 16.9 Å². The Balaban J connectivity index is 1.19. The van der Waals surface area contributed by atoms with E-state index in [1.165, 1.54) is 76.7 Å². The van der Waals surface area contributed by atoms with Gasteiger partial charge in [-0.15, -0.1) is 0 Å². The van der Waals surface area contributed by atoms with Crippen LogP contribution in [0.5, 0.6) is 0 Å². The fourth-order valence-electron chi connectivity index (χ4n) is 9.03. The van der Waals surface area contributed by atoms with Gasteiger partial charge in [0.15, 0.2) is 0 Å². The molecule has 0 spiro atoms. The van der Waals surface area contributed by atoms with E-state index < -0.39 is 0 Å². The second-order valence-electron chi connectivity index (χ2n) is 15.0. The minimum atomic E-state index is -0.134. The number of nitrogens with one attached hydrogen (secondary N) is 2. The van der Waals surface area contributed by atoms with Crippen LogP contribution in [0, 0.1) is 0 Å². The van der Waals surface area contributed by atoms with Crippen LogP contribution >= 0.6 is 0 Å². The van der Waals surface area contributed by atoms with Gasteiger partial charge >= 0.3 is 0 Å². The predicted molar refractivity (Wildman–Crippen MR) is 239 cm³/mol. The summed E-state index contributed by atoms with van der Waals surface area (Å²) in [5, 5.41) is 15.4. The maximum absolute atomic E-state index is 3.95. The van der Waals surface area contributed by atoms with Gasteiger partial charge in [-0.05, 0) is 90.8 Å². The summed E-state index contributed by atoms with van der Waals surface area (Å²) in [4.78, 5) is 0. The SMILES string of the molecule is C1=C(c2ccccc2)NC(c2cccc(-n3c4cc(-c5ccccc5)c5ccccc5c4c4c5ccccc5c(-c5ccccc5)cc43)c2)NC1c1ccccc1. The van der Waals surface area contributed by atoms with E-state index in [2.05, 4.69) is 228 Å². The Morgan fingerprint density at radius 3 is 1.39 bits per heavy atom. The van der Waals surface area contributed by atoms with Crippen molar-refractivity contribution in [3.05, 3.63) is 229 Å². The molecule has 0 radical (unpaired) electrons. The summed E-state index contributed by atoms with van der Waals surface area (Å²) >= 11 is 0. The molecule has 11 rings (SSSR count). The van der Waals surface area contributed by atoms with Gasteiger partial charge in [-0.25, -0.2) is 0 Å². The fourth-order valence-corrected chi connectivity index (χ4v) is 9.03. The molecule has 0 fully saturated rings. The number of aromatic nitrogens is 1. The third kappa shape index (κ3) is 5.71. The first kappa shape index (κ1) is 33.2. The Kier molecular flexibility index (Phi) is 8.04. The largest absolute Gasteiger partial charge is 0.366 e. The summed E-state index contributed by atoms with van der Waals surface area (Å²) in [5.74, 6) is 0. The van der Waals surface area contributed by atoms with Crippen molar-refractivity contribution >= 4 is 49.0 Å². The minimum Gasteiger partial charge on any atom is -0.366 e. The topological polar surface area (TPSA) is 29.0 Å². The molecule has 0 amide bonds. The summed E-state index contributed by atoms with van der Waals surface area (Å²) in [6.07, 6.45) is 2.18. The van der Waals surface area contributed by atoms with E-state index in [-0.39, 0.29) is 12.2 Å². The van der Waals surface area contributed by atoms with Gasteiger partial charge in [0.05, 0.1) is 17.1 Å². The third-order valence-electron chi connectivity index (χ3n) is 11.6. The number of benzene rings is 9. The lowest BCUT2D eigenvalue weighted by atomic mass is 9.92. The van der Waals surface area contributed by atoms with E-state index in [1.54, 1.807) is 0 Å². The zero-order valence-electron chi connectivity index (χ0n) is 31.3. The molecule has 0 saturated carbocycles. The summed E-state index contributed by atoms with van der Waals surface area (Å²) in [6.45, 7) is 0. The Morgan fingerprint density at radius 1 is 0.386 bits per heavy atom. The predicted octanol–water partition coefficient (Wildman–Crippen LogP) is 13.4. The van der Waals surface area contributed by atoms with Gasteiger partial charge in [0.2, 0.25) is 0 Å². The molecular formula is C54H39N3. The molecule has 3 heteroatoms. The Morgan fingerprint density at radius 2 is 0.842 bits per heavy atom. The highest BCUT2D eigenvalue weighted by atomic mass is 15.2. The van der Waals surface area contributed by atoms with E-state index in [0.29, 0.717) is 0 Å². The van der Waals surface area contributed by atoms with E-state index in [1.807, 2.05) is 0 Å². The first-order valence-electron chi connectivity index (χ1n) is 19.8. The van der Waals surface area contributed by atoms with E-state index in [4.69, 9.17) is 0 Å². The molecule has 1 aliphatic rings. The van der Waals surface area contributed by atoms with Crippen LogP contribution in [0.2, 0.25) is 0 Å². The standard InChI is InChI=1S/C54H39N3/c1-5-18-36(19-6-1)46-33-50-52(44-30-15-13-28-42(44)46)53-45-31-16-14-29-43(45)47(37-20-7-2-8-21-37)34-51(53)57(50)41-27-17-26-40(32-41)54-55-48(38-22-9-3-10-23-38)35-49(56-54)39-24-11-4-12-25-39/h1-35,48,54-56H. The molecule has 57 heavy (non-hydrogen) atoms. The van der Waals surface area contributed by atoms with Crippen LogP contribution in [0.25, 0.3) is 77.0 Å². The van der Waals surface area contributed by atoms with Crippen LogP contribution in [-0.2, 0) is 0 Å². The lowest BCUT2D eigenvalue weighted by Crippen LogP contribution is -2.39. The van der Waals surface area contributed by atoms with Crippen molar-refractivity contribution < 1.29 is 0 Å². The van der Waals surface area contributed by atoms with Gasteiger partial charge in [-0.3, -0.25) is 5.32 Å². The van der Waals surface area contributed by atoms with Crippen molar-refractivity contribution in [2.24, 2.45) is 0 Å². The van der Waals surface area contributed by atoms with Crippen LogP contribution in [0.4, 0.5) is 0 Å². The van der Waals surface area contributed by atoms with Gasteiger partial charge in [0.1, 0.15) is 6.17 Å². The molecule has 1 aromatic heterocycles. The van der Waals surface area contributed by atoms with Crippen LogP contribution < -0.4 is 10.6 Å². The fraction of sp³-hybridized carbons (Fsp3) is 0.0370. The van der Waals surface area contributed by atoms with Gasteiger partial charge in [0.25, 0.3) is 0 Å². The summed E-state index contributed by atoms with van der Waals surface area (Å²) in [7, 11) is 0. The molecule has 2 heterocycles. The number of hydrogen-bond acceptors (Lipinski definition) is 2. The first-order chi connectivity index (χ1) is 28.3. The number of nitrogens with zero attached hydrogens (tertiary/aromatic N) is 1. The van der Waals surface area contributed by atoms with Crippen molar-refractivity contribution in [1.29, 1.82) is 0 Å². The third-order valence-corrected chi connectivity index (χ3v) is 11.6. The molecule has 0 bridgehead atoms. The minimum absolute atomic E-state index is 0.0316. The Hall–Kier alpha value is -7.20. The maximum atomic E-state index is 3.95. The van der Waals surface area contributed by atoms with Crippen molar-refractivity contribution in [3.8, 4) is 27.9 Å². The van der Waals surface area contributed by atoms with Crippen molar-refractivity contribution in [3.63, 3.8) is 0 Å². The lowest BCUT2D eigenvalue weighted by molar-refractivity contribution is 0.442. The normalized spacial score (nSPS) is 15.5. The highest BCUT2D eigenvalue weighted by Gasteiger charge is 2.26. The molecule has 0 saturated heterocycles. The number of rotatable bonds is 6. The molecule has 3 nitrogen and oxygen atoms in total. The van der Waals surface area contributed by atoms with E-state index in [9.17, 15) is 0 Å². The molecule has 9 aromatic carbocycles. The van der Waals surface area contributed by atoms with Gasteiger partial charge in [-0.2, -0.15) is 0 Å². The Labute approximate surface area is 332 Å². The number of hydrogen-bond donors (Lipinski definition) is 2. The number of fused-ring (bicyclic) bond motifs is 7. The monoisotopic (exact) mass is 729 g/mol. The first-order valence-corrected chi connectivity index (χ1v) is 19.8. The van der Waals surface area contributed by atoms with Crippen molar-refractivity contribution in [2.75, 3.05) is 0 Å².